The predicted molar refractivity (Wildman–Crippen MR) is 124 cm³/mol. The van der Waals surface area contributed by atoms with E-state index < -0.39 is 30.4 Å². The molecule has 2 amide bonds. The zero-order chi connectivity index (χ0) is 23.4. The number of ether oxygens (including phenoxy) is 1. The standard InChI is InChI=1S/C26H30N2O5/c1-16(17-8-2-3-9-17)27-25(31)23(14-24(29)30)28-26(32)33-15-22-20-12-6-4-10-18(20)19-11-5-7-13-21(19)22/h4-7,10-13,16-17,22-23H,2-3,8-9,14-15H2,1H3,(H,27,31)(H,28,32)(H,29,30)/t16-,23?/m1/s1. The van der Waals surface area contributed by atoms with Crippen molar-refractivity contribution < 1.29 is 24.2 Å². The summed E-state index contributed by atoms with van der Waals surface area (Å²) in [4.78, 5) is 36.6. The maximum absolute atomic E-state index is 12.7. The van der Waals surface area contributed by atoms with Crippen LogP contribution >= 0.6 is 0 Å². The van der Waals surface area contributed by atoms with E-state index >= 15 is 0 Å². The lowest BCUT2D eigenvalue weighted by molar-refractivity contribution is -0.140. The van der Waals surface area contributed by atoms with E-state index in [1.807, 2.05) is 55.5 Å². The Kier molecular flexibility index (Phi) is 6.96. The van der Waals surface area contributed by atoms with Gasteiger partial charge in [-0.1, -0.05) is 61.4 Å². The van der Waals surface area contributed by atoms with Crippen LogP contribution in [-0.2, 0) is 14.3 Å². The molecule has 7 heteroatoms. The van der Waals surface area contributed by atoms with Gasteiger partial charge in [-0.15, -0.1) is 0 Å². The van der Waals surface area contributed by atoms with Crippen LogP contribution in [0.2, 0.25) is 0 Å². The van der Waals surface area contributed by atoms with E-state index in [1.54, 1.807) is 0 Å². The lowest BCUT2D eigenvalue weighted by atomic mass is 9.98. The van der Waals surface area contributed by atoms with E-state index in [4.69, 9.17) is 4.74 Å². The van der Waals surface area contributed by atoms with Gasteiger partial charge in [0.15, 0.2) is 0 Å². The SMILES string of the molecule is C[C@@H](NC(=O)C(CC(=O)O)NC(=O)OCC1c2ccccc2-c2ccccc21)C1CCCC1. The largest absolute Gasteiger partial charge is 0.481 e. The number of nitrogens with one attached hydrogen (secondary N) is 2. The van der Waals surface area contributed by atoms with E-state index in [0.717, 1.165) is 47.9 Å². The summed E-state index contributed by atoms with van der Waals surface area (Å²) < 4.78 is 5.48. The van der Waals surface area contributed by atoms with Crippen LogP contribution in [0, 0.1) is 5.92 Å². The van der Waals surface area contributed by atoms with Crippen LogP contribution in [0.15, 0.2) is 48.5 Å². The second-order valence-electron chi connectivity index (χ2n) is 8.96. The van der Waals surface area contributed by atoms with Gasteiger partial charge in [0.05, 0.1) is 6.42 Å². The number of hydrogen-bond donors (Lipinski definition) is 3. The Morgan fingerprint density at radius 2 is 1.55 bits per heavy atom. The van der Waals surface area contributed by atoms with E-state index in [2.05, 4.69) is 10.6 Å². The summed E-state index contributed by atoms with van der Waals surface area (Å²) >= 11 is 0. The molecule has 33 heavy (non-hydrogen) atoms. The number of carboxylic acids is 1. The van der Waals surface area contributed by atoms with Crippen LogP contribution in [0.25, 0.3) is 11.1 Å². The van der Waals surface area contributed by atoms with E-state index in [1.165, 1.54) is 0 Å². The molecule has 0 heterocycles. The molecule has 1 saturated carbocycles. The Bertz CT molecular complexity index is 985. The first kappa shape index (κ1) is 22.8. The topological polar surface area (TPSA) is 105 Å². The molecule has 174 valence electrons. The average molecular weight is 451 g/mol. The summed E-state index contributed by atoms with van der Waals surface area (Å²) in [5, 5.41) is 14.6. The summed E-state index contributed by atoms with van der Waals surface area (Å²) in [6, 6.07) is 14.7. The zero-order valence-corrected chi connectivity index (χ0v) is 18.8. The maximum atomic E-state index is 12.7. The van der Waals surface area contributed by atoms with Crippen molar-refractivity contribution in [2.24, 2.45) is 5.92 Å². The lowest BCUT2D eigenvalue weighted by Gasteiger charge is -2.24. The quantitative estimate of drug-likeness (QED) is 0.563. The van der Waals surface area contributed by atoms with Crippen molar-refractivity contribution in [2.45, 2.75) is 57.0 Å². The summed E-state index contributed by atoms with van der Waals surface area (Å²) in [7, 11) is 0. The molecule has 2 atom stereocenters. The first-order valence-corrected chi connectivity index (χ1v) is 11.6. The van der Waals surface area contributed by atoms with Crippen LogP contribution in [-0.4, -0.2) is 41.8 Å². The van der Waals surface area contributed by atoms with E-state index in [9.17, 15) is 19.5 Å². The molecule has 1 unspecified atom stereocenters. The van der Waals surface area contributed by atoms with Crippen LogP contribution in [0.1, 0.15) is 56.1 Å². The molecule has 0 radical (unpaired) electrons. The molecule has 0 aliphatic heterocycles. The molecule has 2 aromatic rings. The third-order valence-corrected chi connectivity index (χ3v) is 6.81. The molecule has 2 aliphatic carbocycles. The predicted octanol–water partition coefficient (Wildman–Crippen LogP) is 4.06. The highest BCUT2D eigenvalue weighted by Gasteiger charge is 2.31. The van der Waals surface area contributed by atoms with E-state index in [-0.39, 0.29) is 18.6 Å². The molecule has 1 fully saturated rings. The Hall–Kier alpha value is -3.35. The van der Waals surface area contributed by atoms with Crippen molar-refractivity contribution in [3.63, 3.8) is 0 Å². The van der Waals surface area contributed by atoms with E-state index in [0.29, 0.717) is 5.92 Å². The normalized spacial score (nSPS) is 17.0. The molecule has 7 nitrogen and oxygen atoms in total. The number of aliphatic carboxylic acids is 1. The minimum atomic E-state index is -1.19. The molecular formula is C26H30N2O5. The summed E-state index contributed by atoms with van der Waals surface area (Å²) in [6.07, 6.45) is 3.07. The van der Waals surface area contributed by atoms with Crippen molar-refractivity contribution in [1.29, 1.82) is 0 Å². The number of carboxylic acid groups (broad SMARTS) is 1. The van der Waals surface area contributed by atoms with Crippen LogP contribution in [0.3, 0.4) is 0 Å². The first-order chi connectivity index (χ1) is 15.9. The van der Waals surface area contributed by atoms with Gasteiger partial charge >= 0.3 is 12.1 Å². The number of fused-ring (bicyclic) bond motifs is 3. The van der Waals surface area contributed by atoms with Gasteiger partial charge in [-0.3, -0.25) is 9.59 Å². The maximum Gasteiger partial charge on any atom is 0.407 e. The first-order valence-electron chi connectivity index (χ1n) is 11.6. The number of benzene rings is 2. The Balaban J connectivity index is 1.39. The summed E-state index contributed by atoms with van der Waals surface area (Å²) in [6.45, 7) is 2.03. The minimum Gasteiger partial charge on any atom is -0.481 e. The highest BCUT2D eigenvalue weighted by Crippen LogP contribution is 2.44. The molecule has 4 rings (SSSR count). The molecule has 2 aliphatic rings. The second kappa shape index (κ2) is 10.1. The van der Waals surface area contributed by atoms with Crippen molar-refractivity contribution >= 4 is 18.0 Å². The lowest BCUT2D eigenvalue weighted by Crippen LogP contribution is -2.51. The van der Waals surface area contributed by atoms with Crippen LogP contribution < -0.4 is 10.6 Å². The van der Waals surface area contributed by atoms with Crippen molar-refractivity contribution in [2.75, 3.05) is 6.61 Å². The second-order valence-corrected chi connectivity index (χ2v) is 8.96. The van der Waals surface area contributed by atoms with Crippen LogP contribution in [0.4, 0.5) is 4.79 Å². The zero-order valence-electron chi connectivity index (χ0n) is 18.8. The molecule has 0 saturated heterocycles. The number of alkyl carbamates (subject to hydrolysis) is 1. The van der Waals surface area contributed by atoms with Gasteiger partial charge in [0.2, 0.25) is 5.91 Å². The number of amides is 2. The van der Waals surface area contributed by atoms with Crippen molar-refractivity contribution in [1.82, 2.24) is 10.6 Å². The summed E-state index contributed by atoms with van der Waals surface area (Å²) in [5.74, 6) is -1.39. The van der Waals surface area contributed by atoms with Crippen molar-refractivity contribution in [3.8, 4) is 11.1 Å². The highest BCUT2D eigenvalue weighted by molar-refractivity contribution is 5.89. The number of carbonyl (C=O) groups excluding carboxylic acids is 2. The van der Waals surface area contributed by atoms with Crippen LogP contribution in [0.5, 0.6) is 0 Å². The van der Waals surface area contributed by atoms with Gasteiger partial charge in [0, 0.05) is 12.0 Å². The van der Waals surface area contributed by atoms with Gasteiger partial charge in [-0.25, -0.2) is 4.79 Å². The van der Waals surface area contributed by atoms with Gasteiger partial charge in [-0.05, 0) is 47.9 Å². The molecule has 2 aromatic carbocycles. The fourth-order valence-corrected chi connectivity index (χ4v) is 5.07. The van der Waals surface area contributed by atoms with Gasteiger partial charge in [-0.2, -0.15) is 0 Å². The number of hydrogen-bond acceptors (Lipinski definition) is 4. The highest BCUT2D eigenvalue weighted by atomic mass is 16.5. The smallest absolute Gasteiger partial charge is 0.407 e. The molecule has 0 bridgehead atoms. The average Bonchev–Trinajstić information content (AvgIpc) is 3.44. The van der Waals surface area contributed by atoms with Gasteiger partial charge in [0.25, 0.3) is 0 Å². The Labute approximate surface area is 193 Å². The van der Waals surface area contributed by atoms with Gasteiger partial charge in [0.1, 0.15) is 12.6 Å². The molecule has 0 aromatic heterocycles. The van der Waals surface area contributed by atoms with Gasteiger partial charge < -0.3 is 20.5 Å². The van der Waals surface area contributed by atoms with Crippen molar-refractivity contribution in [3.05, 3.63) is 59.7 Å². The fourth-order valence-electron chi connectivity index (χ4n) is 5.07. The molecular weight excluding hydrogens is 420 g/mol. The third-order valence-electron chi connectivity index (χ3n) is 6.81. The fraction of sp³-hybridized carbons (Fsp3) is 0.423. The third kappa shape index (κ3) is 5.18. The Morgan fingerprint density at radius 1 is 0.970 bits per heavy atom. The number of rotatable bonds is 8. The Morgan fingerprint density at radius 3 is 2.12 bits per heavy atom. The monoisotopic (exact) mass is 450 g/mol. The summed E-state index contributed by atoms with van der Waals surface area (Å²) in [5.41, 5.74) is 4.39. The molecule has 3 N–H and O–H groups in total. The molecule has 0 spiro atoms. The minimum absolute atomic E-state index is 0.0689. The number of carbonyl (C=O) groups is 3.